The normalized spacial score (nSPS) is 13.2. The number of aryl methyl sites for hydroxylation is 1. The summed E-state index contributed by atoms with van der Waals surface area (Å²) < 4.78 is 11.2. The van der Waals surface area contributed by atoms with Crippen molar-refractivity contribution < 1.29 is 9.47 Å². The Hall–Kier alpha value is -2.37. The lowest BCUT2D eigenvalue weighted by Gasteiger charge is -2.24. The standard InChI is InChI=1S/C21H19ClO2/c1-3-12-24-21-17(13-15-4-8-18(22)9-5-15)7-6-16-14-19(23-2)10-11-20(16)21/h1,4-5,8-11,14H,6-7,12-13H2,2H3. The van der Waals surface area contributed by atoms with E-state index in [1.165, 1.54) is 16.7 Å². The molecular formula is C21H19ClO2. The first-order valence-corrected chi connectivity index (χ1v) is 8.29. The van der Waals surface area contributed by atoms with Gasteiger partial charge < -0.3 is 9.47 Å². The van der Waals surface area contributed by atoms with Gasteiger partial charge in [-0.25, -0.2) is 0 Å². The molecular weight excluding hydrogens is 320 g/mol. The molecule has 122 valence electrons. The van der Waals surface area contributed by atoms with Crippen molar-refractivity contribution in [3.63, 3.8) is 0 Å². The van der Waals surface area contributed by atoms with E-state index in [2.05, 4.69) is 30.2 Å². The Morgan fingerprint density at radius 1 is 1.12 bits per heavy atom. The number of ether oxygens (including phenoxy) is 2. The van der Waals surface area contributed by atoms with Crippen LogP contribution in [0.5, 0.6) is 5.75 Å². The van der Waals surface area contributed by atoms with Crippen LogP contribution in [0.2, 0.25) is 5.02 Å². The molecule has 3 heteroatoms. The lowest BCUT2D eigenvalue weighted by atomic mass is 9.87. The number of methoxy groups -OCH3 is 1. The Bertz CT molecular complexity index is 798. The molecule has 2 nitrogen and oxygen atoms in total. The first kappa shape index (κ1) is 16.5. The van der Waals surface area contributed by atoms with Crippen molar-refractivity contribution >= 4 is 17.4 Å². The van der Waals surface area contributed by atoms with E-state index < -0.39 is 0 Å². The van der Waals surface area contributed by atoms with Gasteiger partial charge in [-0.3, -0.25) is 0 Å². The quantitative estimate of drug-likeness (QED) is 0.722. The van der Waals surface area contributed by atoms with Gasteiger partial charge in [-0.05, 0) is 66.3 Å². The van der Waals surface area contributed by atoms with Gasteiger partial charge in [-0.15, -0.1) is 6.42 Å². The van der Waals surface area contributed by atoms with Gasteiger partial charge in [0, 0.05) is 10.6 Å². The largest absolute Gasteiger partial charge is 0.497 e. The molecule has 0 N–H and O–H groups in total. The Balaban J connectivity index is 1.97. The maximum Gasteiger partial charge on any atom is 0.148 e. The number of benzene rings is 2. The van der Waals surface area contributed by atoms with E-state index in [4.69, 9.17) is 27.5 Å². The molecule has 0 atom stereocenters. The summed E-state index contributed by atoms with van der Waals surface area (Å²) >= 11 is 5.98. The number of terminal acetylenes is 1. The SMILES string of the molecule is C#CCOC1=C(Cc2ccc(Cl)cc2)CCc2cc(OC)ccc21. The van der Waals surface area contributed by atoms with Crippen LogP contribution in [0, 0.1) is 12.3 Å². The lowest BCUT2D eigenvalue weighted by Crippen LogP contribution is -2.10. The number of fused-ring (bicyclic) bond motifs is 1. The Morgan fingerprint density at radius 3 is 2.62 bits per heavy atom. The van der Waals surface area contributed by atoms with E-state index in [1.807, 2.05) is 18.2 Å². The summed E-state index contributed by atoms with van der Waals surface area (Å²) in [5.74, 6) is 4.34. The second-order valence-corrected chi connectivity index (χ2v) is 6.19. The fourth-order valence-corrected chi connectivity index (χ4v) is 3.15. The third kappa shape index (κ3) is 3.58. The number of halogens is 1. The second kappa shape index (κ2) is 7.47. The van der Waals surface area contributed by atoms with E-state index in [9.17, 15) is 0 Å². The van der Waals surface area contributed by atoms with E-state index in [1.54, 1.807) is 7.11 Å². The number of allylic oxidation sites excluding steroid dienone is 1. The van der Waals surface area contributed by atoms with Crippen LogP contribution < -0.4 is 4.74 Å². The predicted octanol–water partition coefficient (Wildman–Crippen LogP) is 4.90. The average Bonchev–Trinajstić information content (AvgIpc) is 2.62. The van der Waals surface area contributed by atoms with E-state index in [0.29, 0.717) is 0 Å². The van der Waals surface area contributed by atoms with Crippen LogP contribution in [0.1, 0.15) is 23.1 Å². The van der Waals surface area contributed by atoms with Crippen molar-refractivity contribution in [3.8, 4) is 18.1 Å². The third-order valence-electron chi connectivity index (χ3n) is 4.20. The summed E-state index contributed by atoms with van der Waals surface area (Å²) in [6.07, 6.45) is 8.15. The monoisotopic (exact) mass is 338 g/mol. The zero-order chi connectivity index (χ0) is 16.9. The molecule has 0 saturated heterocycles. The van der Waals surface area contributed by atoms with Crippen LogP contribution >= 0.6 is 11.6 Å². The smallest absolute Gasteiger partial charge is 0.148 e. The molecule has 24 heavy (non-hydrogen) atoms. The Kier molecular flexibility index (Phi) is 5.13. The van der Waals surface area contributed by atoms with Crippen LogP contribution in [-0.4, -0.2) is 13.7 Å². The van der Waals surface area contributed by atoms with Gasteiger partial charge in [-0.2, -0.15) is 0 Å². The van der Waals surface area contributed by atoms with Crippen molar-refractivity contribution in [1.29, 1.82) is 0 Å². The molecule has 0 aliphatic heterocycles. The minimum Gasteiger partial charge on any atom is -0.497 e. The highest BCUT2D eigenvalue weighted by atomic mass is 35.5. The van der Waals surface area contributed by atoms with Gasteiger partial charge in [0.1, 0.15) is 18.1 Å². The van der Waals surface area contributed by atoms with Crippen molar-refractivity contribution in [3.05, 3.63) is 69.8 Å². The fraction of sp³-hybridized carbons (Fsp3) is 0.238. The minimum absolute atomic E-state index is 0.269. The first-order chi connectivity index (χ1) is 11.7. The highest BCUT2D eigenvalue weighted by molar-refractivity contribution is 6.30. The minimum atomic E-state index is 0.269. The number of hydrogen-bond acceptors (Lipinski definition) is 2. The molecule has 2 aromatic rings. The van der Waals surface area contributed by atoms with Crippen LogP contribution in [0.15, 0.2) is 48.0 Å². The first-order valence-electron chi connectivity index (χ1n) is 7.91. The summed E-state index contributed by atoms with van der Waals surface area (Å²) in [6, 6.07) is 14.0. The molecule has 2 aromatic carbocycles. The molecule has 3 rings (SSSR count). The van der Waals surface area contributed by atoms with Gasteiger partial charge >= 0.3 is 0 Å². The molecule has 0 amide bonds. The second-order valence-electron chi connectivity index (χ2n) is 5.75. The molecule has 0 bridgehead atoms. The highest BCUT2D eigenvalue weighted by Crippen LogP contribution is 2.35. The maximum atomic E-state index is 5.98. The summed E-state index contributed by atoms with van der Waals surface area (Å²) in [6.45, 7) is 0.269. The Labute approximate surface area is 148 Å². The molecule has 0 radical (unpaired) electrons. The van der Waals surface area contributed by atoms with Crippen LogP contribution in [0.4, 0.5) is 0 Å². The van der Waals surface area contributed by atoms with E-state index in [-0.39, 0.29) is 6.61 Å². The zero-order valence-corrected chi connectivity index (χ0v) is 14.4. The molecule has 0 fully saturated rings. The van der Waals surface area contributed by atoms with Crippen molar-refractivity contribution in [2.75, 3.05) is 13.7 Å². The fourth-order valence-electron chi connectivity index (χ4n) is 3.03. The van der Waals surface area contributed by atoms with Gasteiger partial charge in [-0.1, -0.05) is 29.7 Å². The molecule has 1 aliphatic rings. The average molecular weight is 339 g/mol. The molecule has 0 aromatic heterocycles. The van der Waals surface area contributed by atoms with Crippen molar-refractivity contribution in [2.24, 2.45) is 0 Å². The predicted molar refractivity (Wildman–Crippen MR) is 98.2 cm³/mol. The van der Waals surface area contributed by atoms with Gasteiger partial charge in [0.25, 0.3) is 0 Å². The summed E-state index contributed by atoms with van der Waals surface area (Å²) in [7, 11) is 1.68. The summed E-state index contributed by atoms with van der Waals surface area (Å²) in [5, 5.41) is 0.748. The van der Waals surface area contributed by atoms with Gasteiger partial charge in [0.05, 0.1) is 7.11 Å². The van der Waals surface area contributed by atoms with Crippen LogP contribution in [0.3, 0.4) is 0 Å². The molecule has 0 heterocycles. The van der Waals surface area contributed by atoms with Crippen LogP contribution in [-0.2, 0) is 17.6 Å². The van der Waals surface area contributed by atoms with Crippen LogP contribution in [0.25, 0.3) is 5.76 Å². The molecule has 0 spiro atoms. The number of hydrogen-bond donors (Lipinski definition) is 0. The topological polar surface area (TPSA) is 18.5 Å². The van der Waals surface area contributed by atoms with E-state index in [0.717, 1.165) is 41.4 Å². The zero-order valence-electron chi connectivity index (χ0n) is 13.6. The van der Waals surface area contributed by atoms with E-state index >= 15 is 0 Å². The Morgan fingerprint density at radius 2 is 1.92 bits per heavy atom. The summed E-state index contributed by atoms with van der Waals surface area (Å²) in [5.41, 5.74) is 4.83. The molecule has 0 unspecified atom stereocenters. The number of rotatable bonds is 5. The molecule has 1 aliphatic carbocycles. The van der Waals surface area contributed by atoms with Crippen molar-refractivity contribution in [2.45, 2.75) is 19.3 Å². The maximum absolute atomic E-state index is 5.98. The summed E-state index contributed by atoms with van der Waals surface area (Å²) in [4.78, 5) is 0. The van der Waals surface area contributed by atoms with Gasteiger partial charge in [0.2, 0.25) is 0 Å². The highest BCUT2D eigenvalue weighted by Gasteiger charge is 2.21. The van der Waals surface area contributed by atoms with Crippen molar-refractivity contribution in [1.82, 2.24) is 0 Å². The van der Waals surface area contributed by atoms with Gasteiger partial charge in [0.15, 0.2) is 0 Å². The lowest BCUT2D eigenvalue weighted by molar-refractivity contribution is 0.320. The third-order valence-corrected chi connectivity index (χ3v) is 4.46. The molecule has 0 saturated carbocycles.